The molecule has 26 heavy (non-hydrogen) atoms. The van der Waals surface area contributed by atoms with Crippen molar-refractivity contribution in [2.45, 2.75) is 90.6 Å². The summed E-state index contributed by atoms with van der Waals surface area (Å²) in [6, 6.07) is -1.35. The van der Waals surface area contributed by atoms with Crippen LogP contribution in [0.1, 0.15) is 60.8 Å². The van der Waals surface area contributed by atoms with Gasteiger partial charge in [0.15, 0.2) is 0 Å². The smallest absolute Gasteiger partial charge is 0.329 e. The second-order valence-corrected chi connectivity index (χ2v) is 8.83. The van der Waals surface area contributed by atoms with Crippen LogP contribution in [-0.4, -0.2) is 59.0 Å². The molecule has 0 aromatic heterocycles. The van der Waals surface area contributed by atoms with E-state index in [9.17, 15) is 14.4 Å². The molecule has 0 aromatic rings. The second kappa shape index (κ2) is 7.94. The number of esters is 1. The lowest BCUT2D eigenvalue weighted by molar-refractivity contribution is -0.163. The summed E-state index contributed by atoms with van der Waals surface area (Å²) in [4.78, 5) is 38.7. The summed E-state index contributed by atoms with van der Waals surface area (Å²) in [6.07, 6.45) is 2.27. The zero-order valence-corrected chi connectivity index (χ0v) is 16.8. The summed E-state index contributed by atoms with van der Waals surface area (Å²) < 4.78 is 5.46. The van der Waals surface area contributed by atoms with E-state index in [4.69, 9.17) is 4.74 Å². The minimum Gasteiger partial charge on any atom is -0.458 e. The minimum absolute atomic E-state index is 0.0537. The summed E-state index contributed by atoms with van der Waals surface area (Å²) >= 11 is 0. The molecule has 2 aliphatic heterocycles. The number of nitrogens with zero attached hydrogens (tertiary/aromatic N) is 1. The van der Waals surface area contributed by atoms with E-state index < -0.39 is 17.7 Å². The van der Waals surface area contributed by atoms with Crippen molar-refractivity contribution in [1.82, 2.24) is 15.5 Å². The number of hydrogen-bond donors (Lipinski definition) is 2. The number of amides is 2. The molecule has 2 fully saturated rings. The summed E-state index contributed by atoms with van der Waals surface area (Å²) in [7, 11) is 0. The van der Waals surface area contributed by atoms with Crippen LogP contribution in [0.3, 0.4) is 0 Å². The van der Waals surface area contributed by atoms with Crippen LogP contribution in [-0.2, 0) is 19.1 Å². The molecule has 2 N–H and O–H groups in total. The Bertz CT molecular complexity index is 555. The van der Waals surface area contributed by atoms with Crippen LogP contribution in [0.2, 0.25) is 0 Å². The van der Waals surface area contributed by atoms with E-state index in [1.54, 1.807) is 11.8 Å². The van der Waals surface area contributed by atoms with Gasteiger partial charge in [-0.2, -0.15) is 0 Å². The first-order valence-electron chi connectivity index (χ1n) is 9.59. The molecule has 2 saturated heterocycles. The zero-order chi connectivity index (χ0) is 19.6. The molecule has 0 bridgehead atoms. The third-order valence-electron chi connectivity index (χ3n) is 4.75. The quantitative estimate of drug-likeness (QED) is 0.544. The Morgan fingerprint density at radius 1 is 1.31 bits per heavy atom. The number of carbonyl (C=O) groups excluding carboxylic acids is 3. The maximum absolute atomic E-state index is 12.9. The van der Waals surface area contributed by atoms with Gasteiger partial charge >= 0.3 is 5.97 Å². The van der Waals surface area contributed by atoms with Gasteiger partial charge in [0.2, 0.25) is 11.8 Å². The average molecular weight is 367 g/mol. The van der Waals surface area contributed by atoms with Crippen molar-refractivity contribution in [3.63, 3.8) is 0 Å². The molecular weight excluding hydrogens is 334 g/mol. The lowest BCUT2D eigenvalue weighted by Crippen LogP contribution is -2.70. The number of rotatable bonds is 6. The van der Waals surface area contributed by atoms with Gasteiger partial charge in [-0.1, -0.05) is 13.8 Å². The molecule has 1 unspecified atom stereocenters. The Balaban J connectivity index is 1.96. The van der Waals surface area contributed by atoms with Crippen LogP contribution in [0.4, 0.5) is 0 Å². The highest BCUT2D eigenvalue weighted by Gasteiger charge is 2.43. The SMILES string of the molecule is CC(C)C[C@H]1NC(=O)[C@@H]1NC(C)C(=O)N1CCC[C@H]1C(=O)OC(C)(C)C. The van der Waals surface area contributed by atoms with Crippen molar-refractivity contribution >= 4 is 17.8 Å². The fourth-order valence-electron chi connectivity index (χ4n) is 3.57. The van der Waals surface area contributed by atoms with Crippen LogP contribution in [0.15, 0.2) is 0 Å². The fourth-order valence-corrected chi connectivity index (χ4v) is 3.57. The normalized spacial score (nSPS) is 27.1. The summed E-state index contributed by atoms with van der Waals surface area (Å²) in [5.41, 5.74) is -0.577. The topological polar surface area (TPSA) is 87.7 Å². The summed E-state index contributed by atoms with van der Waals surface area (Å²) in [5.74, 6) is -0.109. The van der Waals surface area contributed by atoms with Gasteiger partial charge in [-0.3, -0.25) is 14.9 Å². The molecule has 0 radical (unpaired) electrons. The first kappa shape index (κ1) is 20.7. The molecule has 0 aromatic carbocycles. The minimum atomic E-state index is -0.577. The predicted octanol–water partition coefficient (Wildman–Crippen LogP) is 1.21. The third-order valence-corrected chi connectivity index (χ3v) is 4.75. The van der Waals surface area contributed by atoms with E-state index >= 15 is 0 Å². The van der Waals surface area contributed by atoms with E-state index in [-0.39, 0.29) is 29.9 Å². The number of nitrogens with one attached hydrogen (secondary N) is 2. The van der Waals surface area contributed by atoms with Gasteiger partial charge in [0.25, 0.3) is 0 Å². The van der Waals surface area contributed by atoms with Crippen LogP contribution in [0.5, 0.6) is 0 Å². The van der Waals surface area contributed by atoms with E-state index in [2.05, 4.69) is 24.5 Å². The molecule has 4 atom stereocenters. The van der Waals surface area contributed by atoms with Crippen molar-refractivity contribution < 1.29 is 19.1 Å². The number of ether oxygens (including phenoxy) is 1. The summed E-state index contributed by atoms with van der Waals surface area (Å²) in [5, 5.41) is 6.04. The first-order chi connectivity index (χ1) is 12.0. The Labute approximate surface area is 156 Å². The highest BCUT2D eigenvalue weighted by molar-refractivity contribution is 5.91. The molecule has 7 heteroatoms. The van der Waals surface area contributed by atoms with Gasteiger partial charge < -0.3 is 15.0 Å². The third kappa shape index (κ3) is 4.96. The Kier molecular flexibility index (Phi) is 6.32. The number of likely N-dealkylation sites (tertiary alicyclic amines) is 1. The van der Waals surface area contributed by atoms with Gasteiger partial charge in [-0.05, 0) is 52.9 Å². The van der Waals surface area contributed by atoms with Crippen molar-refractivity contribution in [2.24, 2.45) is 5.92 Å². The van der Waals surface area contributed by atoms with Crippen molar-refractivity contribution in [1.29, 1.82) is 0 Å². The fraction of sp³-hybridized carbons (Fsp3) is 0.842. The van der Waals surface area contributed by atoms with Crippen LogP contribution in [0.25, 0.3) is 0 Å². The molecule has 7 nitrogen and oxygen atoms in total. The molecule has 2 amide bonds. The second-order valence-electron chi connectivity index (χ2n) is 8.83. The van der Waals surface area contributed by atoms with Gasteiger partial charge in [-0.15, -0.1) is 0 Å². The van der Waals surface area contributed by atoms with E-state index in [0.717, 1.165) is 12.8 Å². The number of hydrogen-bond acceptors (Lipinski definition) is 5. The Morgan fingerprint density at radius 2 is 1.96 bits per heavy atom. The largest absolute Gasteiger partial charge is 0.458 e. The van der Waals surface area contributed by atoms with Gasteiger partial charge in [0, 0.05) is 6.54 Å². The Morgan fingerprint density at radius 3 is 2.50 bits per heavy atom. The molecular formula is C19H33N3O4. The lowest BCUT2D eigenvalue weighted by Gasteiger charge is -2.40. The Hall–Kier alpha value is -1.63. The molecule has 2 rings (SSSR count). The number of carbonyl (C=O) groups is 3. The molecule has 2 heterocycles. The predicted molar refractivity (Wildman–Crippen MR) is 98.4 cm³/mol. The maximum Gasteiger partial charge on any atom is 0.329 e. The molecule has 148 valence electrons. The van der Waals surface area contributed by atoms with Gasteiger partial charge in [0.05, 0.1) is 12.1 Å². The summed E-state index contributed by atoms with van der Waals surface area (Å²) in [6.45, 7) is 12.0. The monoisotopic (exact) mass is 367 g/mol. The van der Waals surface area contributed by atoms with Crippen molar-refractivity contribution in [3.8, 4) is 0 Å². The molecule has 0 spiro atoms. The van der Waals surface area contributed by atoms with Crippen LogP contribution in [0, 0.1) is 5.92 Å². The molecule has 0 aliphatic carbocycles. The van der Waals surface area contributed by atoms with E-state index in [0.29, 0.717) is 18.9 Å². The standard InChI is InChI=1S/C19H33N3O4/c1-11(2)10-13-15(16(23)21-13)20-12(3)17(24)22-9-7-8-14(22)18(25)26-19(4,5)6/h11-15,20H,7-10H2,1-6H3,(H,21,23)/t12?,13-,14+,15-/m1/s1. The van der Waals surface area contributed by atoms with Gasteiger partial charge in [0.1, 0.15) is 17.7 Å². The highest BCUT2D eigenvalue weighted by Crippen LogP contribution is 2.23. The van der Waals surface area contributed by atoms with Crippen molar-refractivity contribution in [2.75, 3.05) is 6.54 Å². The van der Waals surface area contributed by atoms with E-state index in [1.807, 2.05) is 20.8 Å². The zero-order valence-electron chi connectivity index (χ0n) is 16.8. The van der Waals surface area contributed by atoms with Crippen LogP contribution < -0.4 is 10.6 Å². The van der Waals surface area contributed by atoms with E-state index in [1.165, 1.54) is 0 Å². The highest BCUT2D eigenvalue weighted by atomic mass is 16.6. The maximum atomic E-state index is 12.9. The average Bonchev–Trinajstić information content (AvgIpc) is 2.98. The molecule has 2 aliphatic rings. The number of β-lactam (4-membered cyclic amide) rings is 1. The van der Waals surface area contributed by atoms with Gasteiger partial charge in [-0.25, -0.2) is 4.79 Å². The molecule has 0 saturated carbocycles. The first-order valence-corrected chi connectivity index (χ1v) is 9.59. The lowest BCUT2D eigenvalue weighted by atomic mass is 9.90. The van der Waals surface area contributed by atoms with Crippen molar-refractivity contribution in [3.05, 3.63) is 0 Å². The van der Waals surface area contributed by atoms with Crippen LogP contribution >= 0.6 is 0 Å².